The second kappa shape index (κ2) is 6.96. The van der Waals surface area contributed by atoms with Gasteiger partial charge in [0.25, 0.3) is 0 Å². The van der Waals surface area contributed by atoms with E-state index in [4.69, 9.17) is 5.11 Å². The Kier molecular flexibility index (Phi) is 9.68. The summed E-state index contributed by atoms with van der Waals surface area (Å²) in [6.07, 6.45) is 1.44. The monoisotopic (exact) mass is 154 g/mol. The van der Waals surface area contributed by atoms with E-state index in [1.807, 2.05) is 6.92 Å². The zero-order chi connectivity index (χ0) is 6.57. The molecule has 2 nitrogen and oxygen atoms in total. The van der Waals surface area contributed by atoms with Gasteiger partial charge < -0.3 is 5.11 Å². The van der Waals surface area contributed by atoms with E-state index in [0.29, 0.717) is 12.0 Å². The van der Waals surface area contributed by atoms with Crippen molar-refractivity contribution in [1.82, 2.24) is 0 Å². The molecule has 48 valence electrons. The Bertz CT molecular complexity index is 110. The van der Waals surface area contributed by atoms with Crippen molar-refractivity contribution in [3.05, 3.63) is 12.2 Å². The second-order valence-corrected chi connectivity index (χ2v) is 1.66. The first-order valence-corrected chi connectivity index (χ1v) is 2.59. The SMILES string of the molecule is C=C(CCC)C(=O)O.[KH]. The van der Waals surface area contributed by atoms with Crippen LogP contribution < -0.4 is 0 Å². The molecule has 1 N–H and O–H groups in total. The van der Waals surface area contributed by atoms with Crippen molar-refractivity contribution in [3.63, 3.8) is 0 Å². The Labute approximate surface area is 97.8 Å². The van der Waals surface area contributed by atoms with E-state index in [0.717, 1.165) is 6.42 Å². The second-order valence-electron chi connectivity index (χ2n) is 1.66. The molecule has 0 unspecified atom stereocenters. The third-order valence-electron chi connectivity index (χ3n) is 0.854. The standard InChI is InChI=1S/C6H10O2.K.H/c1-3-4-5(2)6(7)8;;/h2-4H2,1H3,(H,7,8);;. The molecule has 0 atom stereocenters. The summed E-state index contributed by atoms with van der Waals surface area (Å²) >= 11 is 0. The number of rotatable bonds is 3. The normalized spacial score (nSPS) is 7.67. The van der Waals surface area contributed by atoms with Crippen LogP contribution in [0.25, 0.3) is 0 Å². The van der Waals surface area contributed by atoms with E-state index in [1.165, 1.54) is 0 Å². The maximum atomic E-state index is 9.99. The van der Waals surface area contributed by atoms with Gasteiger partial charge in [-0.2, -0.15) is 0 Å². The van der Waals surface area contributed by atoms with Crippen molar-refractivity contribution in [3.8, 4) is 0 Å². The first kappa shape index (κ1) is 12.5. The number of aliphatic carboxylic acids is 1. The maximum absolute atomic E-state index is 9.99. The number of carbonyl (C=O) groups is 1. The molecule has 0 aliphatic carbocycles. The Morgan fingerprint density at radius 2 is 2.11 bits per heavy atom. The molecule has 0 bridgehead atoms. The molecule has 0 saturated carbocycles. The Morgan fingerprint density at radius 1 is 1.67 bits per heavy atom. The fourth-order valence-corrected chi connectivity index (χ4v) is 0.409. The summed E-state index contributed by atoms with van der Waals surface area (Å²) in [5, 5.41) is 8.21. The topological polar surface area (TPSA) is 37.3 Å². The molecule has 0 aliphatic rings. The molecule has 9 heavy (non-hydrogen) atoms. The summed E-state index contributed by atoms with van der Waals surface area (Å²) in [5.74, 6) is -0.883. The average Bonchev–Trinajstić information content (AvgIpc) is 1.67. The number of carboxylic acids is 1. The molecule has 0 aliphatic heterocycles. The van der Waals surface area contributed by atoms with Crippen molar-refractivity contribution in [2.75, 3.05) is 0 Å². The van der Waals surface area contributed by atoms with Gasteiger partial charge in [0.2, 0.25) is 0 Å². The van der Waals surface area contributed by atoms with E-state index in [-0.39, 0.29) is 51.4 Å². The zero-order valence-electron chi connectivity index (χ0n) is 4.98. The van der Waals surface area contributed by atoms with Gasteiger partial charge in [-0.3, -0.25) is 0 Å². The van der Waals surface area contributed by atoms with E-state index in [2.05, 4.69) is 6.58 Å². The van der Waals surface area contributed by atoms with E-state index >= 15 is 0 Å². The summed E-state index contributed by atoms with van der Waals surface area (Å²) in [6, 6.07) is 0. The van der Waals surface area contributed by atoms with Crippen LogP contribution in [0, 0.1) is 0 Å². The average molecular weight is 154 g/mol. The van der Waals surface area contributed by atoms with Gasteiger partial charge >= 0.3 is 57.4 Å². The molecule has 0 radical (unpaired) electrons. The predicted octanol–water partition coefficient (Wildman–Crippen LogP) is 0.779. The summed E-state index contributed by atoms with van der Waals surface area (Å²) in [4.78, 5) is 9.99. The molecule has 0 rings (SSSR count). The molecule has 0 aromatic heterocycles. The summed E-state index contributed by atoms with van der Waals surface area (Å²) in [6.45, 7) is 5.27. The quantitative estimate of drug-likeness (QED) is 0.482. The molecule has 0 saturated heterocycles. The molecule has 0 aromatic carbocycles. The van der Waals surface area contributed by atoms with E-state index in [1.54, 1.807) is 0 Å². The minimum atomic E-state index is -0.883. The number of hydrogen-bond acceptors (Lipinski definition) is 1. The van der Waals surface area contributed by atoms with Crippen LogP contribution in [0.1, 0.15) is 19.8 Å². The third kappa shape index (κ3) is 6.74. The Morgan fingerprint density at radius 3 is 2.22 bits per heavy atom. The van der Waals surface area contributed by atoms with Gasteiger partial charge in [0.1, 0.15) is 0 Å². The van der Waals surface area contributed by atoms with Crippen LogP contribution in [-0.4, -0.2) is 62.5 Å². The number of hydrogen-bond donors (Lipinski definition) is 1. The van der Waals surface area contributed by atoms with Crippen LogP contribution in [0.3, 0.4) is 0 Å². The van der Waals surface area contributed by atoms with Crippen LogP contribution in [0.4, 0.5) is 0 Å². The van der Waals surface area contributed by atoms with Crippen molar-refractivity contribution >= 4 is 57.4 Å². The van der Waals surface area contributed by atoms with E-state index < -0.39 is 5.97 Å². The van der Waals surface area contributed by atoms with Crippen molar-refractivity contribution < 1.29 is 9.90 Å². The van der Waals surface area contributed by atoms with Crippen LogP contribution >= 0.6 is 0 Å². The third-order valence-corrected chi connectivity index (χ3v) is 0.854. The van der Waals surface area contributed by atoms with E-state index in [9.17, 15) is 4.79 Å². The molecule has 0 amide bonds. The molecule has 3 heteroatoms. The van der Waals surface area contributed by atoms with Gasteiger partial charge in [-0.25, -0.2) is 4.79 Å². The first-order valence-electron chi connectivity index (χ1n) is 2.59. The summed E-state index contributed by atoms with van der Waals surface area (Å²) < 4.78 is 0. The van der Waals surface area contributed by atoms with Crippen molar-refractivity contribution in [1.29, 1.82) is 0 Å². The van der Waals surface area contributed by atoms with Crippen LogP contribution in [0.5, 0.6) is 0 Å². The van der Waals surface area contributed by atoms with Crippen LogP contribution in [-0.2, 0) is 4.79 Å². The molecule has 0 heterocycles. The van der Waals surface area contributed by atoms with Crippen molar-refractivity contribution in [2.45, 2.75) is 19.8 Å². The van der Waals surface area contributed by atoms with Gasteiger partial charge in [-0.15, -0.1) is 0 Å². The van der Waals surface area contributed by atoms with Crippen LogP contribution in [0.15, 0.2) is 12.2 Å². The first-order chi connectivity index (χ1) is 3.68. The Hall–Kier alpha value is 0.846. The fraction of sp³-hybridized carbons (Fsp3) is 0.500. The molecule has 0 aromatic rings. The predicted molar refractivity (Wildman–Crippen MR) is 38.8 cm³/mol. The molecule has 0 fully saturated rings. The van der Waals surface area contributed by atoms with Gasteiger partial charge in [0.15, 0.2) is 0 Å². The Balaban J connectivity index is 0. The van der Waals surface area contributed by atoms with Gasteiger partial charge in [-0.05, 0) is 6.42 Å². The summed E-state index contributed by atoms with van der Waals surface area (Å²) in [5.41, 5.74) is 0.299. The van der Waals surface area contributed by atoms with Crippen LogP contribution in [0.2, 0.25) is 0 Å². The summed E-state index contributed by atoms with van der Waals surface area (Å²) in [7, 11) is 0. The zero-order valence-corrected chi connectivity index (χ0v) is 4.98. The fourth-order valence-electron chi connectivity index (χ4n) is 0.409. The molecular weight excluding hydrogens is 143 g/mol. The van der Waals surface area contributed by atoms with Gasteiger partial charge in [0.05, 0.1) is 0 Å². The minimum absolute atomic E-state index is 0. The number of carboxylic acid groups (broad SMARTS) is 1. The molecular formula is C6H11KO2. The van der Waals surface area contributed by atoms with Gasteiger partial charge in [-0.1, -0.05) is 19.9 Å². The van der Waals surface area contributed by atoms with Gasteiger partial charge in [0, 0.05) is 5.57 Å². The molecule has 0 spiro atoms. The van der Waals surface area contributed by atoms with Crippen molar-refractivity contribution in [2.24, 2.45) is 0 Å².